The summed E-state index contributed by atoms with van der Waals surface area (Å²) in [4.78, 5) is 0. The van der Waals surface area contributed by atoms with Gasteiger partial charge in [0.1, 0.15) is 0 Å². The summed E-state index contributed by atoms with van der Waals surface area (Å²) in [5.41, 5.74) is 0. The molecule has 1 aliphatic heterocycles. The van der Waals surface area contributed by atoms with E-state index in [0.29, 0.717) is 6.61 Å². The molecule has 1 aliphatic rings. The Bertz CT molecular complexity index is 80.3. The Kier molecular flexibility index (Phi) is 2.51. The number of hydrogen-bond acceptors (Lipinski definition) is 3. The van der Waals surface area contributed by atoms with Crippen LogP contribution in [0.15, 0.2) is 0 Å². The van der Waals surface area contributed by atoms with E-state index >= 15 is 0 Å². The van der Waals surface area contributed by atoms with Crippen LogP contribution in [0.5, 0.6) is 0 Å². The van der Waals surface area contributed by atoms with Crippen molar-refractivity contribution in [1.82, 2.24) is 0 Å². The quantitative estimate of drug-likeness (QED) is 0.476. The molecule has 0 radical (unpaired) electrons. The maximum absolute atomic E-state index is 8.65. The lowest BCUT2D eigenvalue weighted by Gasteiger charge is -2.20. The van der Waals surface area contributed by atoms with Crippen molar-refractivity contribution in [2.75, 3.05) is 13.2 Å². The first-order valence-corrected chi connectivity index (χ1v) is 3.24. The summed E-state index contributed by atoms with van der Waals surface area (Å²) in [6.45, 7) is 1.26. The average Bonchev–Trinajstić information content (AvgIpc) is 1.90. The highest BCUT2D eigenvalue weighted by Crippen LogP contribution is 2.19. The van der Waals surface area contributed by atoms with Gasteiger partial charge in [-0.15, -0.1) is 0 Å². The molecule has 0 spiro atoms. The van der Waals surface area contributed by atoms with Gasteiger partial charge >= 0.3 is 7.12 Å². The van der Waals surface area contributed by atoms with Gasteiger partial charge in [-0.05, 0) is 12.8 Å². The smallest absolute Gasteiger partial charge is 0.427 e. The summed E-state index contributed by atoms with van der Waals surface area (Å²) >= 11 is 0. The van der Waals surface area contributed by atoms with Gasteiger partial charge in [0.15, 0.2) is 0 Å². The minimum atomic E-state index is -1.19. The third-order valence-corrected chi connectivity index (χ3v) is 1.62. The molecule has 0 aromatic carbocycles. The highest BCUT2D eigenvalue weighted by Gasteiger charge is 2.25. The molecule has 0 amide bonds. The summed E-state index contributed by atoms with van der Waals surface area (Å²) in [5, 5.41) is 17.3. The molecule has 0 bridgehead atoms. The lowest BCUT2D eigenvalue weighted by atomic mass is 9.70. The molecule has 1 atom stereocenters. The van der Waals surface area contributed by atoms with Crippen molar-refractivity contribution >= 4 is 7.12 Å². The molecule has 2 N–H and O–H groups in total. The molecule has 52 valence electrons. The second-order valence-electron chi connectivity index (χ2n) is 2.39. The zero-order valence-electron chi connectivity index (χ0n) is 5.29. The Morgan fingerprint density at radius 2 is 2.22 bits per heavy atom. The van der Waals surface area contributed by atoms with Crippen molar-refractivity contribution in [1.29, 1.82) is 0 Å². The van der Waals surface area contributed by atoms with Crippen LogP contribution in [0, 0.1) is 0 Å². The van der Waals surface area contributed by atoms with E-state index in [1.54, 1.807) is 0 Å². The fraction of sp³-hybridized carbons (Fsp3) is 1.00. The topological polar surface area (TPSA) is 49.7 Å². The maximum Gasteiger partial charge on any atom is 0.457 e. The van der Waals surface area contributed by atoms with Gasteiger partial charge in [-0.25, -0.2) is 0 Å². The molecule has 1 fully saturated rings. The first-order valence-electron chi connectivity index (χ1n) is 3.24. The molecule has 4 heteroatoms. The van der Waals surface area contributed by atoms with Crippen molar-refractivity contribution in [3.05, 3.63) is 0 Å². The zero-order valence-corrected chi connectivity index (χ0v) is 5.29. The van der Waals surface area contributed by atoms with Crippen LogP contribution in [-0.4, -0.2) is 30.4 Å². The Labute approximate surface area is 54.8 Å². The first kappa shape index (κ1) is 7.06. The Balaban J connectivity index is 2.23. The average molecular weight is 130 g/mol. The molecule has 0 unspecified atom stereocenters. The largest absolute Gasteiger partial charge is 0.457 e. The van der Waals surface area contributed by atoms with Crippen molar-refractivity contribution in [2.24, 2.45) is 0 Å². The fourth-order valence-electron chi connectivity index (χ4n) is 1.00. The summed E-state index contributed by atoms with van der Waals surface area (Å²) in [5.74, 6) is -0.0567. The lowest BCUT2D eigenvalue weighted by molar-refractivity contribution is 0.0879. The monoisotopic (exact) mass is 130 g/mol. The van der Waals surface area contributed by atoms with Gasteiger partial charge in [0.05, 0.1) is 0 Å². The van der Waals surface area contributed by atoms with Crippen molar-refractivity contribution < 1.29 is 14.8 Å². The minimum Gasteiger partial charge on any atom is -0.427 e. The molecule has 0 aromatic heterocycles. The lowest BCUT2D eigenvalue weighted by Crippen LogP contribution is -2.27. The molecular weight excluding hydrogens is 119 g/mol. The van der Waals surface area contributed by atoms with Crippen LogP contribution >= 0.6 is 0 Å². The first-order chi connectivity index (χ1) is 4.30. The Morgan fingerprint density at radius 1 is 1.44 bits per heavy atom. The van der Waals surface area contributed by atoms with E-state index in [9.17, 15) is 0 Å². The fourth-order valence-corrected chi connectivity index (χ4v) is 1.00. The third kappa shape index (κ3) is 1.97. The SMILES string of the molecule is OB(O)[C@@H]1CCCOC1. The molecule has 1 heterocycles. The summed E-state index contributed by atoms with van der Waals surface area (Å²) in [7, 11) is -1.19. The highest BCUT2D eigenvalue weighted by atomic mass is 16.5. The van der Waals surface area contributed by atoms with E-state index < -0.39 is 7.12 Å². The molecular formula is C5H11BO3. The van der Waals surface area contributed by atoms with Crippen LogP contribution in [0.1, 0.15) is 12.8 Å². The maximum atomic E-state index is 8.65. The van der Waals surface area contributed by atoms with Crippen molar-refractivity contribution in [3.8, 4) is 0 Å². The van der Waals surface area contributed by atoms with Crippen LogP contribution in [0.25, 0.3) is 0 Å². The Morgan fingerprint density at radius 3 is 2.56 bits per heavy atom. The Hall–Kier alpha value is -0.0551. The molecule has 9 heavy (non-hydrogen) atoms. The van der Waals surface area contributed by atoms with Gasteiger partial charge in [0, 0.05) is 19.0 Å². The molecule has 0 aliphatic carbocycles. The van der Waals surface area contributed by atoms with E-state index in [4.69, 9.17) is 14.8 Å². The van der Waals surface area contributed by atoms with E-state index in [1.807, 2.05) is 0 Å². The van der Waals surface area contributed by atoms with Crippen molar-refractivity contribution in [3.63, 3.8) is 0 Å². The van der Waals surface area contributed by atoms with Gasteiger partial charge in [-0.1, -0.05) is 0 Å². The van der Waals surface area contributed by atoms with Crippen LogP contribution in [-0.2, 0) is 4.74 Å². The number of ether oxygens (including phenoxy) is 1. The standard InChI is InChI=1S/C5H11BO3/c7-6(8)5-2-1-3-9-4-5/h5,7-8H,1-4H2/t5-/m1/s1. The predicted molar refractivity (Wildman–Crippen MR) is 34.0 cm³/mol. The molecule has 3 nitrogen and oxygen atoms in total. The van der Waals surface area contributed by atoms with Gasteiger partial charge in [0.2, 0.25) is 0 Å². The molecule has 0 saturated carbocycles. The third-order valence-electron chi connectivity index (χ3n) is 1.62. The normalized spacial score (nSPS) is 28.0. The van der Waals surface area contributed by atoms with Gasteiger partial charge in [-0.2, -0.15) is 0 Å². The van der Waals surface area contributed by atoms with Crippen LogP contribution in [0.4, 0.5) is 0 Å². The summed E-state index contributed by atoms with van der Waals surface area (Å²) in [6.07, 6.45) is 1.82. The molecule has 0 aromatic rings. The predicted octanol–water partition coefficient (Wildman–Crippen LogP) is -0.360. The van der Waals surface area contributed by atoms with E-state index in [2.05, 4.69) is 0 Å². The number of hydrogen-bond donors (Lipinski definition) is 2. The van der Waals surface area contributed by atoms with Gasteiger partial charge in [0.25, 0.3) is 0 Å². The highest BCUT2D eigenvalue weighted by molar-refractivity contribution is 6.43. The van der Waals surface area contributed by atoms with Crippen molar-refractivity contribution in [2.45, 2.75) is 18.7 Å². The second-order valence-corrected chi connectivity index (χ2v) is 2.39. The summed E-state index contributed by atoms with van der Waals surface area (Å²) in [6, 6.07) is 0. The van der Waals surface area contributed by atoms with E-state index in [-0.39, 0.29) is 5.82 Å². The van der Waals surface area contributed by atoms with Crippen LogP contribution in [0.3, 0.4) is 0 Å². The van der Waals surface area contributed by atoms with Gasteiger partial charge < -0.3 is 14.8 Å². The van der Waals surface area contributed by atoms with Gasteiger partial charge in [-0.3, -0.25) is 0 Å². The minimum absolute atomic E-state index is 0.0567. The summed E-state index contributed by atoms with van der Waals surface area (Å²) < 4.78 is 5.02. The number of rotatable bonds is 1. The van der Waals surface area contributed by atoms with Crippen LogP contribution < -0.4 is 0 Å². The molecule has 1 saturated heterocycles. The second kappa shape index (κ2) is 3.20. The van der Waals surface area contributed by atoms with E-state index in [1.165, 1.54) is 0 Å². The van der Waals surface area contributed by atoms with Crippen LogP contribution in [0.2, 0.25) is 5.82 Å². The zero-order chi connectivity index (χ0) is 6.69. The molecule has 1 rings (SSSR count). The van der Waals surface area contributed by atoms with E-state index in [0.717, 1.165) is 19.4 Å².